The number of hydrogen-bond acceptors (Lipinski definition) is 1. The van der Waals surface area contributed by atoms with E-state index in [1.54, 1.807) is 0 Å². The number of nitrogens with zero attached hydrogens (tertiary/aromatic N) is 1. The van der Waals surface area contributed by atoms with E-state index in [4.69, 9.17) is 0 Å². The number of halogens is 2. The van der Waals surface area contributed by atoms with Crippen molar-refractivity contribution >= 4 is 5.69 Å². The summed E-state index contributed by atoms with van der Waals surface area (Å²) >= 11 is 0. The van der Waals surface area contributed by atoms with Crippen molar-refractivity contribution in [2.24, 2.45) is 5.41 Å². The molecule has 0 heterocycles. The Labute approximate surface area is 95.0 Å². The topological polar surface area (TPSA) is 26.1 Å². The summed E-state index contributed by atoms with van der Waals surface area (Å²) in [6.45, 7) is 6.93. The van der Waals surface area contributed by atoms with Crippen LogP contribution < -0.4 is 10.9 Å². The summed E-state index contributed by atoms with van der Waals surface area (Å²) in [5.74, 6) is -1.21. The first-order chi connectivity index (χ1) is 7.38. The van der Waals surface area contributed by atoms with E-state index in [2.05, 4.69) is 31.6 Å². The average molecular weight is 227 g/mol. The highest BCUT2D eigenvalue weighted by Gasteiger charge is 2.09. The molecule has 0 aliphatic rings. The van der Waals surface area contributed by atoms with Crippen molar-refractivity contribution in [2.45, 2.75) is 27.2 Å². The summed E-state index contributed by atoms with van der Waals surface area (Å²) in [5, 5.41) is 0. The fourth-order valence-corrected chi connectivity index (χ4v) is 1.11. The molecule has 2 nitrogen and oxygen atoms in total. The van der Waals surface area contributed by atoms with Gasteiger partial charge in [0.2, 0.25) is 0 Å². The van der Waals surface area contributed by atoms with E-state index in [0.29, 0.717) is 6.54 Å². The van der Waals surface area contributed by atoms with E-state index in [9.17, 15) is 8.78 Å². The quantitative estimate of drug-likeness (QED) is 0.619. The van der Waals surface area contributed by atoms with Crippen molar-refractivity contribution in [3.63, 3.8) is 0 Å². The second kappa shape index (κ2) is 5.25. The van der Waals surface area contributed by atoms with Crippen LogP contribution in [0.15, 0.2) is 18.2 Å². The third-order valence-corrected chi connectivity index (χ3v) is 2.10. The third kappa shape index (κ3) is 4.57. The number of benzene rings is 1. The van der Waals surface area contributed by atoms with Crippen LogP contribution in [0.5, 0.6) is 0 Å². The minimum atomic E-state index is -0.625. The lowest BCUT2D eigenvalue weighted by atomic mass is 9.93. The van der Waals surface area contributed by atoms with Gasteiger partial charge in [0.25, 0.3) is 0 Å². The van der Waals surface area contributed by atoms with Gasteiger partial charge in [0.05, 0.1) is 5.69 Å². The zero-order valence-corrected chi connectivity index (χ0v) is 9.85. The molecule has 0 saturated carbocycles. The van der Waals surface area contributed by atoms with Crippen molar-refractivity contribution in [1.29, 1.82) is 0 Å². The summed E-state index contributed by atoms with van der Waals surface area (Å²) in [5.41, 5.74) is 7.01. The Morgan fingerprint density at radius 3 is 2.50 bits per heavy atom. The van der Waals surface area contributed by atoms with Gasteiger partial charge in [-0.15, -0.1) is 5.43 Å². The molecule has 0 saturated heterocycles. The first-order valence-corrected chi connectivity index (χ1v) is 5.26. The van der Waals surface area contributed by atoms with E-state index in [-0.39, 0.29) is 11.1 Å². The Morgan fingerprint density at radius 2 is 1.94 bits per heavy atom. The maximum absolute atomic E-state index is 13.1. The minimum Gasteiger partial charge on any atom is -0.301 e. The molecule has 1 aromatic carbocycles. The molecule has 0 aromatic heterocycles. The van der Waals surface area contributed by atoms with Crippen molar-refractivity contribution in [3.05, 3.63) is 29.8 Å². The molecule has 0 atom stereocenters. The van der Waals surface area contributed by atoms with Crippen LogP contribution in [0.25, 0.3) is 0 Å². The monoisotopic (exact) mass is 227 g/mol. The van der Waals surface area contributed by atoms with Crippen LogP contribution >= 0.6 is 0 Å². The van der Waals surface area contributed by atoms with Gasteiger partial charge in [0.15, 0.2) is 5.82 Å². The highest BCUT2D eigenvalue weighted by atomic mass is 19.1. The predicted molar refractivity (Wildman–Crippen MR) is 61.1 cm³/mol. The number of hydrogen-bond donors (Lipinski definition) is 1. The summed E-state index contributed by atoms with van der Waals surface area (Å²) in [4.78, 5) is 0. The van der Waals surface area contributed by atoms with E-state index < -0.39 is 11.6 Å². The number of anilines is 1. The lowest BCUT2D eigenvalue weighted by molar-refractivity contribution is 0.371. The Kier molecular flexibility index (Phi) is 4.24. The Hall–Kier alpha value is -1.16. The SMILES string of the molecule is CC(C)(C)CC[N]Nc1ccc(F)cc1F. The molecule has 1 aromatic rings. The summed E-state index contributed by atoms with van der Waals surface area (Å²) in [6, 6.07) is 3.37. The van der Waals surface area contributed by atoms with Gasteiger partial charge in [-0.3, -0.25) is 0 Å². The van der Waals surface area contributed by atoms with E-state index in [0.717, 1.165) is 12.5 Å². The summed E-state index contributed by atoms with van der Waals surface area (Å²) in [7, 11) is 0. The standard InChI is InChI=1S/C12H17F2N2/c1-12(2,3)6-7-15-16-11-5-4-9(13)8-10(11)14/h4-5,8,16H,6-7H2,1-3H3. The van der Waals surface area contributed by atoms with Gasteiger partial charge in [-0.05, 0) is 24.0 Å². The van der Waals surface area contributed by atoms with Gasteiger partial charge >= 0.3 is 0 Å². The van der Waals surface area contributed by atoms with Crippen molar-refractivity contribution in [2.75, 3.05) is 12.0 Å². The van der Waals surface area contributed by atoms with Crippen LogP contribution in [0.4, 0.5) is 14.5 Å². The summed E-state index contributed by atoms with van der Waals surface area (Å²) in [6.07, 6.45) is 0.906. The second-order valence-electron chi connectivity index (χ2n) is 4.93. The smallest absolute Gasteiger partial charge is 0.150 e. The first kappa shape index (κ1) is 12.9. The van der Waals surface area contributed by atoms with Gasteiger partial charge in [-0.1, -0.05) is 20.8 Å². The molecule has 4 heteroatoms. The van der Waals surface area contributed by atoms with Crippen LogP contribution in [0.2, 0.25) is 0 Å². The van der Waals surface area contributed by atoms with Gasteiger partial charge in [-0.2, -0.15) is 0 Å². The first-order valence-electron chi connectivity index (χ1n) is 5.26. The zero-order chi connectivity index (χ0) is 12.2. The number of nitrogens with one attached hydrogen (secondary N) is 1. The van der Waals surface area contributed by atoms with Crippen molar-refractivity contribution in [1.82, 2.24) is 5.43 Å². The molecule has 16 heavy (non-hydrogen) atoms. The molecule has 0 fully saturated rings. The lowest BCUT2D eigenvalue weighted by Crippen LogP contribution is -2.20. The molecule has 0 unspecified atom stereocenters. The van der Waals surface area contributed by atoms with Gasteiger partial charge in [0.1, 0.15) is 5.82 Å². The van der Waals surface area contributed by atoms with Gasteiger partial charge in [0, 0.05) is 12.6 Å². The largest absolute Gasteiger partial charge is 0.301 e. The molecule has 0 amide bonds. The Morgan fingerprint density at radius 1 is 1.25 bits per heavy atom. The molecule has 1 rings (SSSR count). The number of rotatable bonds is 4. The molecule has 0 spiro atoms. The molecule has 0 aliphatic carbocycles. The molecule has 89 valence electrons. The van der Waals surface area contributed by atoms with Crippen LogP contribution in [-0.2, 0) is 0 Å². The van der Waals surface area contributed by atoms with Gasteiger partial charge in [-0.25, -0.2) is 8.78 Å². The minimum absolute atomic E-state index is 0.201. The Bertz CT molecular complexity index is 345. The lowest BCUT2D eigenvalue weighted by Gasteiger charge is -2.17. The molecular weight excluding hydrogens is 210 g/mol. The fourth-order valence-electron chi connectivity index (χ4n) is 1.11. The van der Waals surface area contributed by atoms with E-state index >= 15 is 0 Å². The van der Waals surface area contributed by atoms with Crippen LogP contribution in [-0.4, -0.2) is 6.54 Å². The molecule has 0 aliphatic heterocycles. The van der Waals surface area contributed by atoms with Crippen molar-refractivity contribution < 1.29 is 8.78 Å². The second-order valence-corrected chi connectivity index (χ2v) is 4.93. The molecule has 1 radical (unpaired) electrons. The van der Waals surface area contributed by atoms with Crippen LogP contribution in [0.1, 0.15) is 27.2 Å². The maximum atomic E-state index is 13.1. The highest BCUT2D eigenvalue weighted by molar-refractivity contribution is 5.43. The predicted octanol–water partition coefficient (Wildman–Crippen LogP) is 3.33. The zero-order valence-electron chi connectivity index (χ0n) is 9.85. The Balaban J connectivity index is 2.38. The van der Waals surface area contributed by atoms with Crippen LogP contribution in [0, 0.1) is 17.0 Å². The highest BCUT2D eigenvalue weighted by Crippen LogP contribution is 2.18. The molecule has 0 bridgehead atoms. The van der Waals surface area contributed by atoms with Crippen molar-refractivity contribution in [3.8, 4) is 0 Å². The molecular formula is C12H17F2N2. The third-order valence-electron chi connectivity index (χ3n) is 2.10. The van der Waals surface area contributed by atoms with Crippen LogP contribution in [0.3, 0.4) is 0 Å². The van der Waals surface area contributed by atoms with E-state index in [1.807, 2.05) is 0 Å². The molecule has 1 N–H and O–H groups in total. The normalized spacial score (nSPS) is 11.6. The fraction of sp³-hybridized carbons (Fsp3) is 0.500. The average Bonchev–Trinajstić information content (AvgIpc) is 2.13. The maximum Gasteiger partial charge on any atom is 0.150 e. The van der Waals surface area contributed by atoms with E-state index in [1.165, 1.54) is 12.1 Å². The summed E-state index contributed by atoms with van der Waals surface area (Å²) < 4.78 is 25.7. The van der Waals surface area contributed by atoms with Gasteiger partial charge < -0.3 is 5.43 Å².